The maximum absolute atomic E-state index is 11.8. The molecule has 0 aromatic heterocycles. The summed E-state index contributed by atoms with van der Waals surface area (Å²) in [5.41, 5.74) is 0. The summed E-state index contributed by atoms with van der Waals surface area (Å²) in [6, 6.07) is -4.40. The molecule has 2 amide bonds. The molecule has 0 heterocycles. The number of hydrogen-bond donors (Lipinski definition) is 6. The molecule has 51 heavy (non-hydrogen) atoms. The molecule has 0 aliphatic rings. The van der Waals surface area contributed by atoms with E-state index in [4.69, 9.17) is 0 Å². The van der Waals surface area contributed by atoms with Crippen molar-refractivity contribution in [2.75, 3.05) is 52.5 Å². The fourth-order valence-electron chi connectivity index (χ4n) is 5.66. The van der Waals surface area contributed by atoms with Crippen LogP contribution in [-0.4, -0.2) is 179 Å². The minimum Gasteiger partial charge on any atom is -0.544 e. The molecule has 0 aromatic rings. The Morgan fingerprint density at radius 1 is 0.588 bits per heavy atom. The summed E-state index contributed by atoms with van der Waals surface area (Å²) >= 11 is 0. The predicted molar refractivity (Wildman–Crippen MR) is 186 cm³/mol. The van der Waals surface area contributed by atoms with Crippen LogP contribution in [0.15, 0.2) is 24.3 Å². The van der Waals surface area contributed by atoms with Crippen molar-refractivity contribution >= 4 is 73.4 Å². The van der Waals surface area contributed by atoms with E-state index in [2.05, 4.69) is 10.6 Å². The van der Waals surface area contributed by atoms with Gasteiger partial charge in [-0.15, -0.1) is 0 Å². The van der Waals surface area contributed by atoms with Crippen molar-refractivity contribution in [3.8, 4) is 0 Å². The maximum atomic E-state index is 11.8. The molecule has 17 heteroatoms. The molecule has 0 aliphatic heterocycles. The third-order valence-electron chi connectivity index (χ3n) is 9.10. The van der Waals surface area contributed by atoms with Crippen LogP contribution in [0.2, 0.25) is 0 Å². The number of allylic oxidation sites excluding steroid dienone is 4. The predicted octanol–water partition coefficient (Wildman–Crippen LogP) is -1.84. The van der Waals surface area contributed by atoms with Gasteiger partial charge in [-0.1, -0.05) is 38.2 Å². The molecule has 6 N–H and O–H groups in total. The van der Waals surface area contributed by atoms with Crippen molar-refractivity contribution < 1.29 is 68.4 Å². The summed E-state index contributed by atoms with van der Waals surface area (Å²) in [6.45, 7) is 9.03. The molecule has 0 bridgehead atoms. The second kappa shape index (κ2) is 28.9. The summed E-state index contributed by atoms with van der Waals surface area (Å²) in [5, 5.41) is 65.4. The molecule has 0 saturated heterocycles. The van der Waals surface area contributed by atoms with Crippen molar-refractivity contribution in [3.63, 3.8) is 0 Å². The zero-order chi connectivity index (χ0) is 38.9. The van der Waals surface area contributed by atoms with E-state index in [9.17, 15) is 59.4 Å². The Bertz CT molecular complexity index is 1010. The molecule has 0 radical (unpaired) electrons. The van der Waals surface area contributed by atoms with Gasteiger partial charge in [0.15, 0.2) is 12.1 Å². The van der Waals surface area contributed by atoms with E-state index >= 15 is 0 Å². The number of rotatable bonds is 26. The average molecular weight is 757 g/mol. The van der Waals surface area contributed by atoms with E-state index in [-0.39, 0.29) is 102 Å². The number of aliphatic hydroxyl groups is 2. The molecule has 0 fully saturated rings. The number of carboxylic acid groups (broad SMARTS) is 4. The molecule has 16 nitrogen and oxygen atoms in total. The Morgan fingerprint density at radius 3 is 1.14 bits per heavy atom. The SMILES string of the molecule is CC/C=C/CCC(=O)NCC[N+](CCO)(C(C)C(=O)[O-])C(C)C(=O)O.CC/C=C/CCC(=O)NCC[N+](CCO)(C(C)C(=O)[O-])C(C)C(=O)O.[Ca+2]. The first-order chi connectivity index (χ1) is 23.4. The van der Waals surface area contributed by atoms with E-state index < -0.39 is 57.0 Å². The largest absolute Gasteiger partial charge is 2.00 e. The van der Waals surface area contributed by atoms with Crippen LogP contribution in [0, 0.1) is 0 Å². The summed E-state index contributed by atoms with van der Waals surface area (Å²) in [5.74, 6) is -5.50. The van der Waals surface area contributed by atoms with Gasteiger partial charge >= 0.3 is 49.7 Å². The number of carbonyl (C=O) groups excluding carboxylic acids is 4. The molecular weight excluding hydrogens is 696 g/mol. The first-order valence-electron chi connectivity index (χ1n) is 17.1. The van der Waals surface area contributed by atoms with Crippen LogP contribution >= 0.6 is 0 Å². The molecule has 0 saturated carbocycles. The van der Waals surface area contributed by atoms with Crippen molar-refractivity contribution in [2.45, 2.75) is 104 Å². The van der Waals surface area contributed by atoms with Gasteiger partial charge in [-0.25, -0.2) is 9.59 Å². The van der Waals surface area contributed by atoms with E-state index in [1.54, 1.807) is 0 Å². The van der Waals surface area contributed by atoms with E-state index in [0.717, 1.165) is 12.8 Å². The summed E-state index contributed by atoms with van der Waals surface area (Å²) in [4.78, 5) is 69.2. The van der Waals surface area contributed by atoms with Crippen LogP contribution in [0.3, 0.4) is 0 Å². The quantitative estimate of drug-likeness (QED) is 0.0324. The van der Waals surface area contributed by atoms with Gasteiger partial charge in [0.25, 0.3) is 0 Å². The van der Waals surface area contributed by atoms with E-state index in [1.165, 1.54) is 27.7 Å². The molecule has 0 aliphatic carbocycles. The van der Waals surface area contributed by atoms with Gasteiger partial charge in [-0.2, -0.15) is 0 Å². The van der Waals surface area contributed by atoms with Crippen molar-refractivity contribution in [2.24, 2.45) is 0 Å². The Morgan fingerprint density at radius 2 is 0.902 bits per heavy atom. The third kappa shape index (κ3) is 19.2. The Kier molecular flexibility index (Phi) is 29.9. The number of amides is 2. The average Bonchev–Trinajstić information content (AvgIpc) is 3.06. The van der Waals surface area contributed by atoms with Gasteiger partial charge in [-0.3, -0.25) is 9.59 Å². The summed E-state index contributed by atoms with van der Waals surface area (Å²) in [6.07, 6.45) is 11.4. The van der Waals surface area contributed by atoms with E-state index in [1.807, 2.05) is 38.2 Å². The van der Waals surface area contributed by atoms with Crippen LogP contribution in [0.4, 0.5) is 0 Å². The molecule has 0 aromatic carbocycles. The number of carboxylic acids is 4. The Hall–Kier alpha value is -2.60. The van der Waals surface area contributed by atoms with Gasteiger partial charge in [0.05, 0.1) is 51.3 Å². The Labute approximate surface area is 331 Å². The minimum atomic E-state index is -1.39. The zero-order valence-electron chi connectivity index (χ0n) is 31.2. The van der Waals surface area contributed by atoms with Gasteiger partial charge < -0.3 is 59.8 Å². The smallest absolute Gasteiger partial charge is 0.544 e. The normalized spacial score (nSPS) is 15.8. The van der Waals surface area contributed by atoms with Crippen LogP contribution in [0.1, 0.15) is 80.1 Å². The fourth-order valence-corrected chi connectivity index (χ4v) is 5.66. The second-order valence-corrected chi connectivity index (χ2v) is 12.1. The fraction of sp³-hybridized carbons (Fsp3) is 0.706. The Balaban J connectivity index is -0.000000886. The monoisotopic (exact) mass is 756 g/mol. The van der Waals surface area contributed by atoms with Crippen molar-refractivity contribution in [1.29, 1.82) is 0 Å². The second-order valence-electron chi connectivity index (χ2n) is 12.1. The van der Waals surface area contributed by atoms with Crippen LogP contribution in [0.25, 0.3) is 0 Å². The van der Waals surface area contributed by atoms with Crippen LogP contribution in [0.5, 0.6) is 0 Å². The number of nitrogens with zero attached hydrogens (tertiary/aromatic N) is 2. The van der Waals surface area contributed by atoms with E-state index in [0.29, 0.717) is 25.7 Å². The minimum absolute atomic E-state index is 0. The number of carbonyl (C=O) groups is 6. The number of aliphatic hydroxyl groups excluding tert-OH is 2. The number of nitrogens with one attached hydrogen (secondary N) is 2. The number of hydrogen-bond acceptors (Lipinski definition) is 10. The molecule has 288 valence electrons. The molecular formula is C34H60CaN4O12+2. The van der Waals surface area contributed by atoms with Crippen molar-refractivity contribution in [3.05, 3.63) is 24.3 Å². The first kappa shape index (κ1) is 52.8. The molecule has 0 rings (SSSR count). The van der Waals surface area contributed by atoms with Crippen LogP contribution in [-0.2, 0) is 28.8 Å². The van der Waals surface area contributed by atoms with Crippen molar-refractivity contribution in [1.82, 2.24) is 10.6 Å². The van der Waals surface area contributed by atoms with Gasteiger partial charge in [-0.05, 0) is 53.4 Å². The summed E-state index contributed by atoms with van der Waals surface area (Å²) in [7, 11) is 0. The van der Waals surface area contributed by atoms with Gasteiger partial charge in [0.2, 0.25) is 11.8 Å². The van der Waals surface area contributed by atoms with Gasteiger partial charge in [0, 0.05) is 12.8 Å². The first-order valence-corrected chi connectivity index (χ1v) is 17.1. The topological polar surface area (TPSA) is 254 Å². The maximum Gasteiger partial charge on any atom is 2.00 e. The molecule has 6 atom stereocenters. The number of quaternary nitrogens is 2. The molecule has 0 spiro atoms. The number of aliphatic carboxylic acids is 4. The van der Waals surface area contributed by atoms with Gasteiger partial charge in [0.1, 0.15) is 25.2 Å². The summed E-state index contributed by atoms with van der Waals surface area (Å²) < 4.78 is -0.797. The third-order valence-corrected chi connectivity index (χ3v) is 9.10. The zero-order valence-corrected chi connectivity index (χ0v) is 33.4. The standard InChI is InChI=1S/2C17H30N2O6.Ca/c2*1-4-5-6-7-8-15(21)18-9-10-19(11-12-20,13(2)16(22)23)14(3)17(24)25;/h2*5-6,13-14,20H,4,7-12H2,1-3H3,(H2-,18,21,22,23,24,25);/q;;+2/b2*6-5+;. The molecule has 6 unspecified atom stereocenters. The van der Waals surface area contributed by atoms with Crippen LogP contribution < -0.4 is 20.8 Å².